The van der Waals surface area contributed by atoms with E-state index in [0.717, 1.165) is 11.3 Å². The lowest BCUT2D eigenvalue weighted by Gasteiger charge is -2.18. The summed E-state index contributed by atoms with van der Waals surface area (Å²) in [6, 6.07) is 12.5. The van der Waals surface area contributed by atoms with Crippen molar-refractivity contribution in [1.29, 1.82) is 0 Å². The van der Waals surface area contributed by atoms with Crippen LogP contribution in [0.15, 0.2) is 42.5 Å². The van der Waals surface area contributed by atoms with Gasteiger partial charge in [-0.25, -0.2) is 0 Å². The molecule has 0 bridgehead atoms. The number of fused-ring (bicyclic) bond motifs is 1. The van der Waals surface area contributed by atoms with Crippen LogP contribution in [0.5, 0.6) is 11.5 Å². The fraction of sp³-hybridized carbons (Fsp3) is 0.176. The highest BCUT2D eigenvalue weighted by Crippen LogP contribution is 2.31. The minimum Gasteiger partial charge on any atom is -0.484 e. The number of carbonyl (C=O) groups is 2. The molecule has 3 rings (SSSR count). The average molecular weight is 312 g/mol. The Morgan fingerprint density at radius 1 is 1.26 bits per heavy atom. The lowest BCUT2D eigenvalue weighted by atomic mass is 10.2. The Kier molecular flexibility index (Phi) is 4.14. The largest absolute Gasteiger partial charge is 0.484 e. The van der Waals surface area contributed by atoms with E-state index in [4.69, 9.17) is 9.47 Å². The third-order valence-corrected chi connectivity index (χ3v) is 3.29. The zero-order valence-electron chi connectivity index (χ0n) is 12.6. The molecule has 0 unspecified atom stereocenters. The summed E-state index contributed by atoms with van der Waals surface area (Å²) in [4.78, 5) is 23.2. The van der Waals surface area contributed by atoms with Gasteiger partial charge in [0.2, 0.25) is 0 Å². The van der Waals surface area contributed by atoms with E-state index in [9.17, 15) is 9.59 Å². The van der Waals surface area contributed by atoms with E-state index in [1.807, 2.05) is 31.2 Å². The quantitative estimate of drug-likeness (QED) is 0.908. The van der Waals surface area contributed by atoms with E-state index in [1.165, 1.54) is 0 Å². The molecule has 0 saturated heterocycles. The predicted molar refractivity (Wildman–Crippen MR) is 85.9 cm³/mol. The Labute approximate surface area is 133 Å². The summed E-state index contributed by atoms with van der Waals surface area (Å²) in [7, 11) is 0. The Morgan fingerprint density at radius 3 is 2.83 bits per heavy atom. The fourth-order valence-corrected chi connectivity index (χ4v) is 2.13. The van der Waals surface area contributed by atoms with E-state index < -0.39 is 0 Å². The van der Waals surface area contributed by atoms with Crippen LogP contribution in [0.1, 0.15) is 5.56 Å². The standard InChI is InChI=1S/C17H16N2O4/c1-11-2-4-12(5-3-11)18-16(20)9-22-13-6-7-15-14(8-13)19-17(21)10-23-15/h2-8H,9-10H2,1H3,(H,18,20)(H,19,21). The van der Waals surface area contributed by atoms with Gasteiger partial charge in [-0.15, -0.1) is 0 Å². The number of benzene rings is 2. The van der Waals surface area contributed by atoms with Crippen molar-refractivity contribution < 1.29 is 19.1 Å². The monoisotopic (exact) mass is 312 g/mol. The first-order chi connectivity index (χ1) is 11.1. The SMILES string of the molecule is Cc1ccc(NC(=O)COc2ccc3c(c2)NC(=O)CO3)cc1. The summed E-state index contributed by atoms with van der Waals surface area (Å²) in [5.74, 6) is 0.591. The van der Waals surface area contributed by atoms with Crippen molar-refractivity contribution in [1.82, 2.24) is 0 Å². The molecule has 0 aliphatic carbocycles. The number of hydrogen-bond donors (Lipinski definition) is 2. The number of nitrogens with one attached hydrogen (secondary N) is 2. The molecule has 0 saturated carbocycles. The van der Waals surface area contributed by atoms with Gasteiger partial charge < -0.3 is 20.1 Å². The van der Waals surface area contributed by atoms with Crippen LogP contribution in [-0.4, -0.2) is 25.0 Å². The highest BCUT2D eigenvalue weighted by molar-refractivity contribution is 5.95. The highest BCUT2D eigenvalue weighted by Gasteiger charge is 2.16. The molecule has 1 aliphatic rings. The molecule has 1 heterocycles. The smallest absolute Gasteiger partial charge is 0.262 e. The van der Waals surface area contributed by atoms with Gasteiger partial charge in [0.05, 0.1) is 5.69 Å². The van der Waals surface area contributed by atoms with Gasteiger partial charge >= 0.3 is 0 Å². The van der Waals surface area contributed by atoms with Crippen molar-refractivity contribution in [3.63, 3.8) is 0 Å². The second kappa shape index (κ2) is 6.39. The maximum Gasteiger partial charge on any atom is 0.262 e. The number of amides is 2. The van der Waals surface area contributed by atoms with Crippen molar-refractivity contribution in [2.24, 2.45) is 0 Å². The van der Waals surface area contributed by atoms with Gasteiger partial charge in [-0.3, -0.25) is 9.59 Å². The lowest BCUT2D eigenvalue weighted by molar-refractivity contribution is -0.119. The second-order valence-electron chi connectivity index (χ2n) is 5.20. The molecule has 0 radical (unpaired) electrons. The lowest BCUT2D eigenvalue weighted by Crippen LogP contribution is -2.25. The van der Waals surface area contributed by atoms with E-state index in [0.29, 0.717) is 17.2 Å². The molecule has 2 amide bonds. The molecule has 2 N–H and O–H groups in total. The molecule has 1 aliphatic heterocycles. The minimum absolute atomic E-state index is 0.00611. The van der Waals surface area contributed by atoms with Crippen LogP contribution in [0.4, 0.5) is 11.4 Å². The molecule has 0 aromatic heterocycles. The third-order valence-electron chi connectivity index (χ3n) is 3.29. The van der Waals surface area contributed by atoms with Gasteiger partial charge in [0.15, 0.2) is 13.2 Å². The van der Waals surface area contributed by atoms with Gasteiger partial charge in [0, 0.05) is 11.8 Å². The summed E-state index contributed by atoms with van der Waals surface area (Å²) in [6.45, 7) is 1.86. The molecule has 2 aromatic rings. The van der Waals surface area contributed by atoms with Crippen molar-refractivity contribution in [3.05, 3.63) is 48.0 Å². The average Bonchev–Trinajstić information content (AvgIpc) is 2.54. The molecule has 6 nitrogen and oxygen atoms in total. The number of hydrogen-bond acceptors (Lipinski definition) is 4. The van der Waals surface area contributed by atoms with Gasteiger partial charge in [-0.05, 0) is 31.2 Å². The summed E-state index contributed by atoms with van der Waals surface area (Å²) in [6.07, 6.45) is 0. The van der Waals surface area contributed by atoms with Crippen LogP contribution < -0.4 is 20.1 Å². The maximum absolute atomic E-state index is 11.9. The molecular formula is C17H16N2O4. The first kappa shape index (κ1) is 14.9. The second-order valence-corrected chi connectivity index (χ2v) is 5.20. The van der Waals surface area contributed by atoms with Gasteiger partial charge in [-0.2, -0.15) is 0 Å². The zero-order valence-corrected chi connectivity index (χ0v) is 12.6. The van der Waals surface area contributed by atoms with E-state index in [-0.39, 0.29) is 25.0 Å². The van der Waals surface area contributed by atoms with Crippen LogP contribution >= 0.6 is 0 Å². The Morgan fingerprint density at radius 2 is 2.04 bits per heavy atom. The van der Waals surface area contributed by atoms with Crippen molar-refractivity contribution >= 4 is 23.2 Å². The van der Waals surface area contributed by atoms with Crippen molar-refractivity contribution in [3.8, 4) is 11.5 Å². The maximum atomic E-state index is 11.9. The molecule has 0 spiro atoms. The molecule has 118 valence electrons. The van der Waals surface area contributed by atoms with Crippen LogP contribution in [-0.2, 0) is 9.59 Å². The van der Waals surface area contributed by atoms with Crippen LogP contribution in [0.2, 0.25) is 0 Å². The highest BCUT2D eigenvalue weighted by atomic mass is 16.5. The summed E-state index contributed by atoms with van der Waals surface area (Å²) >= 11 is 0. The molecule has 6 heteroatoms. The Bertz CT molecular complexity index is 741. The first-order valence-electron chi connectivity index (χ1n) is 7.16. The van der Waals surface area contributed by atoms with Gasteiger partial charge in [0.25, 0.3) is 11.8 Å². The summed E-state index contributed by atoms with van der Waals surface area (Å²) < 4.78 is 10.7. The van der Waals surface area contributed by atoms with E-state index >= 15 is 0 Å². The Hall–Kier alpha value is -3.02. The van der Waals surface area contributed by atoms with Gasteiger partial charge in [0.1, 0.15) is 11.5 Å². The van der Waals surface area contributed by atoms with Crippen molar-refractivity contribution in [2.45, 2.75) is 6.92 Å². The van der Waals surface area contributed by atoms with Crippen molar-refractivity contribution in [2.75, 3.05) is 23.8 Å². The summed E-state index contributed by atoms with van der Waals surface area (Å²) in [5, 5.41) is 5.44. The topological polar surface area (TPSA) is 76.7 Å². The van der Waals surface area contributed by atoms with E-state index in [2.05, 4.69) is 10.6 Å². The number of ether oxygens (including phenoxy) is 2. The number of carbonyl (C=O) groups excluding carboxylic acids is 2. The van der Waals surface area contributed by atoms with Crippen LogP contribution in [0.3, 0.4) is 0 Å². The molecule has 23 heavy (non-hydrogen) atoms. The first-order valence-corrected chi connectivity index (χ1v) is 7.16. The Balaban J connectivity index is 1.57. The predicted octanol–water partition coefficient (Wildman–Crippen LogP) is 2.34. The molecule has 0 atom stereocenters. The molecular weight excluding hydrogens is 296 g/mol. The number of aryl methyl sites for hydroxylation is 1. The fourth-order valence-electron chi connectivity index (χ4n) is 2.13. The van der Waals surface area contributed by atoms with E-state index in [1.54, 1.807) is 18.2 Å². The third kappa shape index (κ3) is 3.79. The minimum atomic E-state index is -0.258. The van der Waals surface area contributed by atoms with Gasteiger partial charge in [-0.1, -0.05) is 17.7 Å². The normalized spacial score (nSPS) is 12.7. The van der Waals surface area contributed by atoms with Crippen LogP contribution in [0.25, 0.3) is 0 Å². The number of anilines is 2. The number of rotatable bonds is 4. The zero-order chi connectivity index (χ0) is 16.2. The summed E-state index contributed by atoms with van der Waals surface area (Å²) in [5.41, 5.74) is 2.38. The molecule has 0 fully saturated rings. The van der Waals surface area contributed by atoms with Crippen LogP contribution in [0, 0.1) is 6.92 Å². The molecule has 2 aromatic carbocycles.